The van der Waals surface area contributed by atoms with E-state index < -0.39 is 6.10 Å². The van der Waals surface area contributed by atoms with Gasteiger partial charge in [-0.3, -0.25) is 4.79 Å². The minimum Gasteiger partial charge on any atom is -0.391 e. The van der Waals surface area contributed by atoms with Crippen LogP contribution in [0.4, 0.5) is 0 Å². The maximum atomic E-state index is 11.3. The van der Waals surface area contributed by atoms with Crippen molar-refractivity contribution < 1.29 is 9.90 Å². The van der Waals surface area contributed by atoms with Gasteiger partial charge in [0.2, 0.25) is 5.91 Å². The minimum atomic E-state index is -0.494. The first-order valence-corrected chi connectivity index (χ1v) is 5.47. The number of aliphatic hydroxyl groups excluding tert-OH is 1. The summed E-state index contributed by atoms with van der Waals surface area (Å²) in [5.41, 5.74) is 11.1. The van der Waals surface area contributed by atoms with Crippen LogP contribution in [0.5, 0.6) is 0 Å². The second-order valence-electron chi connectivity index (χ2n) is 4.41. The molecule has 88 valence electrons. The fourth-order valence-corrected chi connectivity index (χ4v) is 2.13. The lowest BCUT2D eigenvalue weighted by Gasteiger charge is -2.36. The number of hydrogen-bond donors (Lipinski definition) is 4. The molecule has 0 saturated heterocycles. The number of carbonyl (C=O) groups excluding carboxylic acids is 1. The summed E-state index contributed by atoms with van der Waals surface area (Å²) in [7, 11) is 0. The Bertz CT molecular complexity index is 223. The van der Waals surface area contributed by atoms with Crippen LogP contribution in [-0.4, -0.2) is 35.7 Å². The topological polar surface area (TPSA) is 101 Å². The van der Waals surface area contributed by atoms with Gasteiger partial charge in [0, 0.05) is 19.0 Å². The van der Waals surface area contributed by atoms with Crippen molar-refractivity contribution in [2.45, 2.75) is 44.4 Å². The number of carbonyl (C=O) groups is 1. The Balaban J connectivity index is 2.48. The van der Waals surface area contributed by atoms with Crippen LogP contribution in [0.2, 0.25) is 0 Å². The lowest BCUT2D eigenvalue weighted by atomic mass is 9.81. The van der Waals surface area contributed by atoms with Gasteiger partial charge < -0.3 is 21.9 Å². The highest BCUT2D eigenvalue weighted by atomic mass is 16.3. The summed E-state index contributed by atoms with van der Waals surface area (Å²) in [4.78, 5) is 11.3. The van der Waals surface area contributed by atoms with E-state index in [4.69, 9.17) is 11.5 Å². The number of rotatable bonds is 3. The van der Waals surface area contributed by atoms with E-state index in [0.29, 0.717) is 19.4 Å². The molecular weight excluding hydrogens is 194 g/mol. The molecule has 4 atom stereocenters. The molecule has 0 aromatic heterocycles. The van der Waals surface area contributed by atoms with Crippen molar-refractivity contribution in [2.75, 3.05) is 6.54 Å². The van der Waals surface area contributed by atoms with E-state index in [-0.39, 0.29) is 23.9 Å². The molecule has 0 bridgehead atoms. The molecule has 1 fully saturated rings. The molecule has 0 aliphatic heterocycles. The van der Waals surface area contributed by atoms with E-state index in [1.807, 2.05) is 6.92 Å². The van der Waals surface area contributed by atoms with Gasteiger partial charge in [0.25, 0.3) is 0 Å². The maximum Gasteiger partial charge on any atom is 0.221 e. The Hall–Kier alpha value is -0.650. The second kappa shape index (κ2) is 5.44. The third kappa shape index (κ3) is 3.44. The van der Waals surface area contributed by atoms with Gasteiger partial charge in [0.1, 0.15) is 0 Å². The first-order valence-electron chi connectivity index (χ1n) is 5.47. The molecule has 5 heteroatoms. The summed E-state index contributed by atoms with van der Waals surface area (Å²) >= 11 is 0. The van der Waals surface area contributed by atoms with Crippen molar-refractivity contribution >= 4 is 5.91 Å². The first kappa shape index (κ1) is 12.4. The van der Waals surface area contributed by atoms with Gasteiger partial charge in [-0.25, -0.2) is 0 Å². The number of aliphatic hydroxyl groups is 1. The Morgan fingerprint density at radius 3 is 2.80 bits per heavy atom. The van der Waals surface area contributed by atoms with Crippen LogP contribution in [0.1, 0.15) is 26.2 Å². The van der Waals surface area contributed by atoms with Gasteiger partial charge in [0.05, 0.1) is 12.1 Å². The molecule has 1 saturated carbocycles. The van der Waals surface area contributed by atoms with E-state index in [2.05, 4.69) is 5.32 Å². The fourth-order valence-electron chi connectivity index (χ4n) is 2.13. The number of nitrogens with two attached hydrogens (primary N) is 2. The second-order valence-corrected chi connectivity index (χ2v) is 4.41. The van der Waals surface area contributed by atoms with Crippen molar-refractivity contribution in [3.63, 3.8) is 0 Å². The summed E-state index contributed by atoms with van der Waals surface area (Å²) in [6.07, 6.45) is 1.26. The fraction of sp³-hybridized carbons (Fsp3) is 0.900. The number of hydrogen-bond acceptors (Lipinski definition) is 4. The van der Waals surface area contributed by atoms with Crippen LogP contribution in [-0.2, 0) is 4.79 Å². The average molecular weight is 215 g/mol. The molecule has 1 aliphatic carbocycles. The Morgan fingerprint density at radius 2 is 2.20 bits per heavy atom. The normalized spacial score (nSPS) is 36.3. The van der Waals surface area contributed by atoms with Crippen molar-refractivity contribution in [1.82, 2.24) is 5.32 Å². The van der Waals surface area contributed by atoms with E-state index in [1.54, 1.807) is 0 Å². The van der Waals surface area contributed by atoms with Crippen LogP contribution in [0.25, 0.3) is 0 Å². The van der Waals surface area contributed by atoms with Gasteiger partial charge in [-0.1, -0.05) is 6.92 Å². The molecule has 6 N–H and O–H groups in total. The summed E-state index contributed by atoms with van der Waals surface area (Å²) in [6, 6.07) is -0.158. The summed E-state index contributed by atoms with van der Waals surface area (Å²) in [6.45, 7) is 2.28. The lowest BCUT2D eigenvalue weighted by molar-refractivity contribution is -0.123. The van der Waals surface area contributed by atoms with E-state index >= 15 is 0 Å². The van der Waals surface area contributed by atoms with Crippen molar-refractivity contribution in [3.8, 4) is 0 Å². The highest BCUT2D eigenvalue weighted by molar-refractivity contribution is 5.76. The maximum absolute atomic E-state index is 11.3. The zero-order valence-electron chi connectivity index (χ0n) is 9.15. The summed E-state index contributed by atoms with van der Waals surface area (Å²) < 4.78 is 0. The van der Waals surface area contributed by atoms with E-state index in [9.17, 15) is 9.90 Å². The molecule has 0 heterocycles. The molecule has 0 spiro atoms. The van der Waals surface area contributed by atoms with Crippen molar-refractivity contribution in [1.29, 1.82) is 0 Å². The monoisotopic (exact) mass is 215 g/mol. The van der Waals surface area contributed by atoms with Gasteiger partial charge in [-0.15, -0.1) is 0 Å². The highest BCUT2D eigenvalue weighted by Gasteiger charge is 2.33. The molecule has 4 unspecified atom stereocenters. The SMILES string of the molecule is CC1CC(N)CC(NC(=O)CCN)C1O. The standard InChI is InChI=1S/C10H21N3O2/c1-6-4-7(12)5-8(10(6)15)13-9(14)2-3-11/h6-8,10,15H,2-5,11-12H2,1H3,(H,13,14). The van der Waals surface area contributed by atoms with Crippen LogP contribution < -0.4 is 16.8 Å². The zero-order chi connectivity index (χ0) is 11.4. The van der Waals surface area contributed by atoms with Gasteiger partial charge in [-0.05, 0) is 18.8 Å². The largest absolute Gasteiger partial charge is 0.391 e. The van der Waals surface area contributed by atoms with Crippen LogP contribution >= 0.6 is 0 Å². The highest BCUT2D eigenvalue weighted by Crippen LogP contribution is 2.23. The van der Waals surface area contributed by atoms with Crippen molar-refractivity contribution in [3.05, 3.63) is 0 Å². The minimum absolute atomic E-state index is 0.0616. The molecule has 0 aromatic carbocycles. The summed E-state index contributed by atoms with van der Waals surface area (Å²) in [5, 5.41) is 12.7. The van der Waals surface area contributed by atoms with E-state index in [1.165, 1.54) is 0 Å². The number of amides is 1. The number of nitrogens with one attached hydrogen (secondary N) is 1. The Labute approximate surface area is 90.2 Å². The summed E-state index contributed by atoms with van der Waals surface area (Å²) in [5.74, 6) is 0.0276. The molecule has 5 nitrogen and oxygen atoms in total. The molecular formula is C10H21N3O2. The quantitative estimate of drug-likeness (QED) is 0.482. The molecule has 15 heavy (non-hydrogen) atoms. The van der Waals surface area contributed by atoms with Crippen LogP contribution in [0, 0.1) is 5.92 Å². The third-order valence-corrected chi connectivity index (χ3v) is 2.94. The van der Waals surface area contributed by atoms with Gasteiger partial charge in [-0.2, -0.15) is 0 Å². The smallest absolute Gasteiger partial charge is 0.221 e. The van der Waals surface area contributed by atoms with Crippen LogP contribution in [0.15, 0.2) is 0 Å². The van der Waals surface area contributed by atoms with Crippen molar-refractivity contribution in [2.24, 2.45) is 17.4 Å². The first-order chi connectivity index (χ1) is 7.04. The Morgan fingerprint density at radius 1 is 1.53 bits per heavy atom. The average Bonchev–Trinajstić information content (AvgIpc) is 2.13. The molecule has 0 radical (unpaired) electrons. The molecule has 1 rings (SSSR count). The van der Waals surface area contributed by atoms with Gasteiger partial charge in [0.15, 0.2) is 0 Å². The predicted molar refractivity (Wildman–Crippen MR) is 58.0 cm³/mol. The van der Waals surface area contributed by atoms with Crippen LogP contribution in [0.3, 0.4) is 0 Å². The lowest BCUT2D eigenvalue weighted by Crippen LogP contribution is -2.53. The van der Waals surface area contributed by atoms with E-state index in [0.717, 1.165) is 6.42 Å². The predicted octanol–water partition coefficient (Wildman–Crippen LogP) is -1.06. The van der Waals surface area contributed by atoms with Gasteiger partial charge >= 0.3 is 0 Å². The third-order valence-electron chi connectivity index (χ3n) is 2.94. The zero-order valence-corrected chi connectivity index (χ0v) is 9.15. The molecule has 0 aromatic rings. The Kier molecular flexibility index (Phi) is 4.50. The molecule has 1 amide bonds. The molecule has 1 aliphatic rings.